The number of hydrogen-bond donors (Lipinski definition) is 1. The molecule has 1 aromatic rings. The summed E-state index contributed by atoms with van der Waals surface area (Å²) in [6.45, 7) is 2.27. The molecule has 0 saturated heterocycles. The summed E-state index contributed by atoms with van der Waals surface area (Å²) in [7, 11) is 0. The van der Waals surface area contributed by atoms with Crippen molar-refractivity contribution in [2.75, 3.05) is 0 Å². The van der Waals surface area contributed by atoms with Crippen LogP contribution in [0.4, 0.5) is 0 Å². The van der Waals surface area contributed by atoms with Gasteiger partial charge in [0.25, 0.3) is 5.91 Å². The van der Waals surface area contributed by atoms with E-state index in [2.05, 4.69) is 11.9 Å². The lowest BCUT2D eigenvalue weighted by Gasteiger charge is -2.27. The van der Waals surface area contributed by atoms with Gasteiger partial charge in [-0.15, -0.1) is 0 Å². The molecule has 1 heterocycles. The largest absolute Gasteiger partial charge is 0.364 e. The van der Waals surface area contributed by atoms with Gasteiger partial charge in [-0.1, -0.05) is 25.8 Å². The van der Waals surface area contributed by atoms with E-state index in [4.69, 9.17) is 5.73 Å². The predicted octanol–water partition coefficient (Wildman–Crippen LogP) is 2.47. The molecular weight excluding hydrogens is 200 g/mol. The van der Waals surface area contributed by atoms with Gasteiger partial charge in [-0.2, -0.15) is 0 Å². The minimum atomic E-state index is -0.408. The summed E-state index contributed by atoms with van der Waals surface area (Å²) in [5, 5.41) is 0. The van der Waals surface area contributed by atoms with Gasteiger partial charge in [0.2, 0.25) is 0 Å². The zero-order valence-corrected chi connectivity index (χ0v) is 9.65. The second-order valence-electron chi connectivity index (χ2n) is 4.77. The molecular formula is C13H18N2O. The van der Waals surface area contributed by atoms with Crippen LogP contribution in [0.15, 0.2) is 18.3 Å². The molecule has 3 nitrogen and oxygen atoms in total. The van der Waals surface area contributed by atoms with E-state index < -0.39 is 5.91 Å². The standard InChI is InChI=1S/C13H18N2O/c1-9-4-2-5-10(8-9)11-6-3-7-15-12(11)13(14)16/h3,6-7,9-10H,2,4-5,8H2,1H3,(H2,14,16). The van der Waals surface area contributed by atoms with E-state index in [-0.39, 0.29) is 0 Å². The molecule has 3 heteroatoms. The van der Waals surface area contributed by atoms with Crippen molar-refractivity contribution in [3.05, 3.63) is 29.6 Å². The maximum Gasteiger partial charge on any atom is 0.267 e. The average Bonchev–Trinajstić information content (AvgIpc) is 2.29. The molecule has 1 amide bonds. The molecule has 86 valence electrons. The molecule has 1 saturated carbocycles. The highest BCUT2D eigenvalue weighted by molar-refractivity contribution is 5.92. The third-order valence-electron chi connectivity index (χ3n) is 3.45. The molecule has 1 aliphatic rings. The van der Waals surface area contributed by atoms with Crippen molar-refractivity contribution < 1.29 is 4.79 Å². The van der Waals surface area contributed by atoms with Crippen LogP contribution in [-0.4, -0.2) is 10.9 Å². The first-order valence-electron chi connectivity index (χ1n) is 5.93. The monoisotopic (exact) mass is 218 g/mol. The quantitative estimate of drug-likeness (QED) is 0.829. The molecule has 0 aromatic carbocycles. The molecule has 0 radical (unpaired) electrons. The molecule has 0 spiro atoms. The van der Waals surface area contributed by atoms with Crippen molar-refractivity contribution in [2.45, 2.75) is 38.5 Å². The van der Waals surface area contributed by atoms with Crippen LogP contribution in [0.5, 0.6) is 0 Å². The van der Waals surface area contributed by atoms with Crippen LogP contribution in [0.2, 0.25) is 0 Å². The van der Waals surface area contributed by atoms with Crippen molar-refractivity contribution in [2.24, 2.45) is 11.7 Å². The zero-order chi connectivity index (χ0) is 11.5. The number of pyridine rings is 1. The molecule has 1 aromatic heterocycles. The number of amides is 1. The number of carbonyl (C=O) groups excluding carboxylic acids is 1. The number of aromatic nitrogens is 1. The third kappa shape index (κ3) is 2.23. The fourth-order valence-corrected chi connectivity index (χ4v) is 2.67. The highest BCUT2D eigenvalue weighted by Crippen LogP contribution is 2.36. The minimum absolute atomic E-state index is 0.408. The molecule has 2 atom stereocenters. The number of primary amides is 1. The van der Waals surface area contributed by atoms with Crippen LogP contribution in [0.3, 0.4) is 0 Å². The highest BCUT2D eigenvalue weighted by atomic mass is 16.1. The Morgan fingerprint density at radius 3 is 3.00 bits per heavy atom. The van der Waals surface area contributed by atoms with Crippen LogP contribution in [0, 0.1) is 5.92 Å². The zero-order valence-electron chi connectivity index (χ0n) is 9.65. The number of nitrogens with zero attached hydrogens (tertiary/aromatic N) is 1. The van der Waals surface area contributed by atoms with Gasteiger partial charge < -0.3 is 5.73 Å². The van der Waals surface area contributed by atoms with Gasteiger partial charge >= 0.3 is 0 Å². The van der Waals surface area contributed by atoms with Gasteiger partial charge in [-0.3, -0.25) is 9.78 Å². The van der Waals surface area contributed by atoms with E-state index in [1.807, 2.05) is 12.1 Å². The van der Waals surface area contributed by atoms with E-state index in [9.17, 15) is 4.79 Å². The Balaban J connectivity index is 2.28. The summed E-state index contributed by atoms with van der Waals surface area (Å²) in [4.78, 5) is 15.4. The molecule has 1 fully saturated rings. The number of hydrogen-bond acceptors (Lipinski definition) is 2. The van der Waals surface area contributed by atoms with Crippen molar-refractivity contribution >= 4 is 5.91 Å². The van der Waals surface area contributed by atoms with Gasteiger partial charge in [-0.05, 0) is 36.3 Å². The molecule has 1 aliphatic carbocycles. The van der Waals surface area contributed by atoms with Crippen LogP contribution in [0.25, 0.3) is 0 Å². The predicted molar refractivity (Wildman–Crippen MR) is 63.1 cm³/mol. The minimum Gasteiger partial charge on any atom is -0.364 e. The van der Waals surface area contributed by atoms with Crippen LogP contribution in [-0.2, 0) is 0 Å². The topological polar surface area (TPSA) is 56.0 Å². The Bertz CT molecular complexity index is 389. The second kappa shape index (κ2) is 4.64. The van der Waals surface area contributed by atoms with Gasteiger partial charge in [0, 0.05) is 6.20 Å². The number of rotatable bonds is 2. The summed E-state index contributed by atoms with van der Waals surface area (Å²) < 4.78 is 0. The Labute approximate surface area is 96.1 Å². The molecule has 16 heavy (non-hydrogen) atoms. The maximum absolute atomic E-state index is 11.3. The molecule has 0 bridgehead atoms. The average molecular weight is 218 g/mol. The van der Waals surface area contributed by atoms with Gasteiger partial charge in [0.15, 0.2) is 0 Å². The summed E-state index contributed by atoms with van der Waals surface area (Å²) >= 11 is 0. The Morgan fingerprint density at radius 2 is 2.31 bits per heavy atom. The molecule has 2 rings (SSSR count). The van der Waals surface area contributed by atoms with Crippen LogP contribution >= 0.6 is 0 Å². The molecule has 2 unspecified atom stereocenters. The van der Waals surface area contributed by atoms with Crippen molar-refractivity contribution in [3.8, 4) is 0 Å². The SMILES string of the molecule is CC1CCCC(c2cccnc2C(N)=O)C1. The van der Waals surface area contributed by atoms with Gasteiger partial charge in [0.1, 0.15) is 5.69 Å². The lowest BCUT2D eigenvalue weighted by molar-refractivity contribution is 0.0993. The first-order valence-corrected chi connectivity index (χ1v) is 5.93. The summed E-state index contributed by atoms with van der Waals surface area (Å²) in [5.41, 5.74) is 6.86. The van der Waals surface area contributed by atoms with E-state index in [0.717, 1.165) is 24.3 Å². The van der Waals surface area contributed by atoms with Gasteiger partial charge in [0.05, 0.1) is 0 Å². The second-order valence-corrected chi connectivity index (χ2v) is 4.77. The van der Waals surface area contributed by atoms with Crippen LogP contribution in [0.1, 0.15) is 54.6 Å². The van der Waals surface area contributed by atoms with E-state index in [0.29, 0.717) is 11.6 Å². The normalized spacial score (nSPS) is 25.3. The Hall–Kier alpha value is -1.38. The maximum atomic E-state index is 11.3. The Kier molecular flexibility index (Phi) is 3.22. The van der Waals surface area contributed by atoms with Gasteiger partial charge in [-0.25, -0.2) is 0 Å². The smallest absolute Gasteiger partial charge is 0.267 e. The fourth-order valence-electron chi connectivity index (χ4n) is 2.67. The highest BCUT2D eigenvalue weighted by Gasteiger charge is 2.24. The van der Waals surface area contributed by atoms with Crippen molar-refractivity contribution in [1.82, 2.24) is 4.98 Å². The van der Waals surface area contributed by atoms with Crippen LogP contribution < -0.4 is 5.73 Å². The van der Waals surface area contributed by atoms with E-state index >= 15 is 0 Å². The molecule has 0 aliphatic heterocycles. The number of nitrogens with two attached hydrogens (primary N) is 1. The summed E-state index contributed by atoms with van der Waals surface area (Å²) in [6, 6.07) is 3.89. The Morgan fingerprint density at radius 1 is 1.50 bits per heavy atom. The summed E-state index contributed by atoms with van der Waals surface area (Å²) in [6.07, 6.45) is 6.46. The fraction of sp³-hybridized carbons (Fsp3) is 0.538. The number of carbonyl (C=O) groups is 1. The summed E-state index contributed by atoms with van der Waals surface area (Å²) in [5.74, 6) is 0.786. The van der Waals surface area contributed by atoms with E-state index in [1.54, 1.807) is 6.20 Å². The van der Waals surface area contributed by atoms with E-state index in [1.165, 1.54) is 12.8 Å². The van der Waals surface area contributed by atoms with Crippen molar-refractivity contribution in [3.63, 3.8) is 0 Å². The molecule has 2 N–H and O–H groups in total. The lowest BCUT2D eigenvalue weighted by Crippen LogP contribution is -2.20. The first-order chi connectivity index (χ1) is 7.68. The first kappa shape index (κ1) is 11.1. The lowest BCUT2D eigenvalue weighted by atomic mass is 9.78. The van der Waals surface area contributed by atoms with Crippen molar-refractivity contribution in [1.29, 1.82) is 0 Å². The third-order valence-corrected chi connectivity index (χ3v) is 3.45.